The van der Waals surface area contributed by atoms with Crippen LogP contribution < -0.4 is 0 Å². The summed E-state index contributed by atoms with van der Waals surface area (Å²) in [5.41, 5.74) is 0.991. The summed E-state index contributed by atoms with van der Waals surface area (Å²) >= 11 is 11.1. The summed E-state index contributed by atoms with van der Waals surface area (Å²) in [5.74, 6) is -1.31. The lowest BCUT2D eigenvalue weighted by Crippen LogP contribution is -2.03. The summed E-state index contributed by atoms with van der Waals surface area (Å²) in [5, 5.41) is 9.21. The topological polar surface area (TPSA) is 37.3 Å². The molecule has 1 N–H and O–H groups in total. The first-order chi connectivity index (χ1) is 5.42. The third kappa shape index (κ3) is 1.34. The fourth-order valence-electron chi connectivity index (χ4n) is 1.68. The Labute approximate surface area is 81.2 Å². The van der Waals surface area contributed by atoms with E-state index in [4.69, 9.17) is 28.3 Å². The molecule has 2 atom stereocenters. The molecule has 0 aromatic heterocycles. The van der Waals surface area contributed by atoms with E-state index in [1.807, 2.05) is 13.8 Å². The van der Waals surface area contributed by atoms with Gasteiger partial charge in [-0.25, -0.2) is 0 Å². The van der Waals surface area contributed by atoms with Gasteiger partial charge in [0.2, 0.25) is 0 Å². The van der Waals surface area contributed by atoms with Gasteiger partial charge in [-0.05, 0) is 5.41 Å². The first-order valence-corrected chi connectivity index (χ1v) is 4.43. The van der Waals surface area contributed by atoms with E-state index in [0.29, 0.717) is 5.03 Å². The van der Waals surface area contributed by atoms with Gasteiger partial charge in [0.15, 0.2) is 0 Å². The summed E-state index contributed by atoms with van der Waals surface area (Å²) < 4.78 is 0. The van der Waals surface area contributed by atoms with Crippen LogP contribution in [0.4, 0.5) is 0 Å². The lowest BCUT2D eigenvalue weighted by atomic mass is 10.1. The van der Waals surface area contributed by atoms with Crippen LogP contribution in [0.2, 0.25) is 0 Å². The Morgan fingerprint density at radius 3 is 2.25 bits per heavy atom. The Kier molecular flexibility index (Phi) is 2.41. The van der Waals surface area contributed by atoms with Gasteiger partial charge in [-0.1, -0.05) is 37.0 Å². The molecule has 0 amide bonds. The monoisotopic (exact) mass is 208 g/mol. The number of carboxylic acid groups (broad SMARTS) is 1. The summed E-state index contributed by atoms with van der Waals surface area (Å²) in [4.78, 5) is 10.7. The number of hydrogen-bond acceptors (Lipinski definition) is 1. The lowest BCUT2D eigenvalue weighted by molar-refractivity contribution is -0.139. The summed E-state index contributed by atoms with van der Waals surface area (Å²) in [6.45, 7) is 3.75. The van der Waals surface area contributed by atoms with E-state index < -0.39 is 5.97 Å². The van der Waals surface area contributed by atoms with Crippen LogP contribution in [0.25, 0.3) is 0 Å². The van der Waals surface area contributed by atoms with Gasteiger partial charge >= 0.3 is 5.97 Å². The number of carboxylic acids is 1. The Balaban J connectivity index is 2.80. The molecule has 0 saturated heterocycles. The quantitative estimate of drug-likeness (QED) is 0.758. The average Bonchev–Trinajstić information content (AvgIpc) is 2.52. The van der Waals surface area contributed by atoms with Crippen molar-refractivity contribution in [3.05, 3.63) is 10.6 Å². The maximum absolute atomic E-state index is 10.7. The number of aliphatic carboxylic acids is 1. The van der Waals surface area contributed by atoms with Crippen molar-refractivity contribution in [1.29, 1.82) is 0 Å². The van der Waals surface area contributed by atoms with Crippen LogP contribution in [0.1, 0.15) is 13.8 Å². The van der Waals surface area contributed by atoms with Gasteiger partial charge in [0.1, 0.15) is 0 Å². The molecule has 1 rings (SSSR count). The molecule has 0 heterocycles. The van der Waals surface area contributed by atoms with Gasteiger partial charge in [-0.15, -0.1) is 0 Å². The Hall–Kier alpha value is -0.210. The van der Waals surface area contributed by atoms with E-state index in [0.717, 1.165) is 0 Å². The minimum atomic E-state index is -0.804. The van der Waals surface area contributed by atoms with Crippen LogP contribution in [0.5, 0.6) is 0 Å². The highest BCUT2D eigenvalue weighted by Crippen LogP contribution is 2.62. The highest BCUT2D eigenvalue weighted by atomic mass is 35.5. The van der Waals surface area contributed by atoms with Gasteiger partial charge < -0.3 is 5.11 Å². The molecule has 0 radical (unpaired) electrons. The third-order valence-corrected chi connectivity index (χ3v) is 3.19. The highest BCUT2D eigenvalue weighted by molar-refractivity contribution is 6.37. The zero-order valence-corrected chi connectivity index (χ0v) is 8.36. The van der Waals surface area contributed by atoms with E-state index in [-0.39, 0.29) is 17.3 Å². The molecule has 0 spiro atoms. The molecule has 0 aromatic rings. The Bertz CT molecular complexity index is 245. The average molecular weight is 209 g/mol. The van der Waals surface area contributed by atoms with Crippen LogP contribution in [0.3, 0.4) is 0 Å². The molecule has 2 unspecified atom stereocenters. The lowest BCUT2D eigenvalue weighted by Gasteiger charge is -1.98. The van der Waals surface area contributed by atoms with E-state index in [1.165, 1.54) is 5.54 Å². The first-order valence-electron chi connectivity index (χ1n) is 3.61. The first kappa shape index (κ1) is 9.87. The van der Waals surface area contributed by atoms with E-state index in [1.54, 1.807) is 0 Å². The van der Waals surface area contributed by atoms with E-state index in [2.05, 4.69) is 0 Å². The molecule has 1 saturated carbocycles. The molecule has 12 heavy (non-hydrogen) atoms. The van der Waals surface area contributed by atoms with Crippen LogP contribution in [-0.4, -0.2) is 11.1 Å². The van der Waals surface area contributed by atoms with Crippen molar-refractivity contribution >= 4 is 29.2 Å². The molecular weight excluding hydrogens is 199 g/mol. The van der Waals surface area contributed by atoms with Gasteiger partial charge in [0.25, 0.3) is 0 Å². The van der Waals surface area contributed by atoms with Gasteiger partial charge in [-0.2, -0.15) is 0 Å². The van der Waals surface area contributed by atoms with Crippen molar-refractivity contribution in [3.63, 3.8) is 0 Å². The highest BCUT2D eigenvalue weighted by Gasteiger charge is 2.63. The van der Waals surface area contributed by atoms with Crippen molar-refractivity contribution in [2.75, 3.05) is 0 Å². The maximum Gasteiger partial charge on any atom is 0.307 e. The van der Waals surface area contributed by atoms with E-state index in [9.17, 15) is 4.79 Å². The van der Waals surface area contributed by atoms with Gasteiger partial charge in [0, 0.05) is 16.5 Å². The molecule has 1 aliphatic rings. The van der Waals surface area contributed by atoms with Crippen molar-refractivity contribution in [1.82, 2.24) is 0 Å². The largest absolute Gasteiger partial charge is 0.481 e. The number of allylic oxidation sites excluding steroid dienone is 1. The van der Waals surface area contributed by atoms with Crippen LogP contribution >= 0.6 is 23.2 Å². The standard InChI is InChI=1S/C8H10Cl2O2/c1-8(2)5(4(10)3-9)6(8)7(11)12/h3,5-6H,1-2H3,(H,11,12)/b4-3+. The number of hydrogen-bond donors (Lipinski definition) is 1. The van der Waals surface area contributed by atoms with Crippen LogP contribution in [-0.2, 0) is 4.79 Å². The molecule has 1 fully saturated rings. The summed E-state index contributed by atoms with van der Waals surface area (Å²) in [6, 6.07) is 0. The van der Waals surface area contributed by atoms with Crippen molar-refractivity contribution in [2.24, 2.45) is 17.3 Å². The van der Waals surface area contributed by atoms with Gasteiger partial charge in [-0.3, -0.25) is 4.79 Å². The predicted molar refractivity (Wildman–Crippen MR) is 48.2 cm³/mol. The number of carbonyl (C=O) groups is 1. The molecule has 1 aliphatic carbocycles. The molecule has 0 bridgehead atoms. The number of rotatable bonds is 2. The second-order valence-electron chi connectivity index (χ2n) is 3.61. The molecular formula is C8H10Cl2O2. The smallest absolute Gasteiger partial charge is 0.307 e. The molecule has 4 heteroatoms. The van der Waals surface area contributed by atoms with E-state index >= 15 is 0 Å². The second-order valence-corrected chi connectivity index (χ2v) is 4.26. The normalized spacial score (nSPS) is 33.2. The van der Waals surface area contributed by atoms with Crippen molar-refractivity contribution in [2.45, 2.75) is 13.8 Å². The summed E-state index contributed by atoms with van der Waals surface area (Å²) in [7, 11) is 0. The third-order valence-electron chi connectivity index (χ3n) is 2.49. The zero-order valence-electron chi connectivity index (χ0n) is 6.84. The predicted octanol–water partition coefficient (Wildman–Crippen LogP) is 2.66. The molecule has 2 nitrogen and oxygen atoms in total. The summed E-state index contributed by atoms with van der Waals surface area (Å²) in [6.07, 6.45) is 0. The fraction of sp³-hybridized carbons (Fsp3) is 0.625. The Morgan fingerprint density at radius 1 is 1.50 bits per heavy atom. The van der Waals surface area contributed by atoms with Crippen LogP contribution in [0, 0.1) is 17.3 Å². The minimum absolute atomic E-state index is 0.117. The second kappa shape index (κ2) is 2.93. The van der Waals surface area contributed by atoms with Crippen molar-refractivity contribution in [3.8, 4) is 0 Å². The van der Waals surface area contributed by atoms with Gasteiger partial charge in [0.05, 0.1) is 5.92 Å². The SMILES string of the molecule is CC1(C)C(C(=O)O)C1/C(Cl)=C\Cl. The Morgan fingerprint density at radius 2 is 2.00 bits per heavy atom. The zero-order chi connectivity index (χ0) is 9.52. The number of halogens is 2. The molecule has 0 aromatic carbocycles. The molecule has 68 valence electrons. The maximum atomic E-state index is 10.7. The minimum Gasteiger partial charge on any atom is -0.481 e. The van der Waals surface area contributed by atoms with Crippen LogP contribution in [0.15, 0.2) is 10.6 Å². The molecule has 0 aliphatic heterocycles. The van der Waals surface area contributed by atoms with Crippen molar-refractivity contribution < 1.29 is 9.90 Å². The fourth-order valence-corrected chi connectivity index (χ4v) is 2.22.